The van der Waals surface area contributed by atoms with E-state index in [1.54, 1.807) is 36.1 Å². The molecule has 0 aliphatic heterocycles. The van der Waals surface area contributed by atoms with Gasteiger partial charge in [-0.25, -0.2) is 0 Å². The van der Waals surface area contributed by atoms with Crippen molar-refractivity contribution >= 4 is 23.3 Å². The smallest absolute Gasteiger partial charge is 0.308 e. The summed E-state index contributed by atoms with van der Waals surface area (Å²) < 4.78 is 0. The third-order valence-electron chi connectivity index (χ3n) is 2.37. The molecule has 90 valence electrons. The molecule has 0 saturated heterocycles. The van der Waals surface area contributed by atoms with Crippen LogP contribution in [0.3, 0.4) is 0 Å². The number of benzene rings is 1. The highest BCUT2D eigenvalue weighted by atomic mass is 35.5. The molecule has 0 aromatic heterocycles. The van der Waals surface area contributed by atoms with Crippen LogP contribution in [0.15, 0.2) is 24.3 Å². The highest BCUT2D eigenvalue weighted by Gasteiger charge is 2.17. The predicted molar refractivity (Wildman–Crippen MR) is 66.1 cm³/mol. The minimum atomic E-state index is -0.889. The average molecular weight is 253 g/mol. The number of carboxylic acids is 1. The van der Waals surface area contributed by atoms with E-state index in [4.69, 9.17) is 22.0 Å². The maximum absolute atomic E-state index is 10.8. The number of nitriles is 1. The fraction of sp³-hybridized carbons (Fsp3) is 0.333. The first-order valence-electron chi connectivity index (χ1n) is 5.15. The summed E-state index contributed by atoms with van der Waals surface area (Å²) in [5.41, 5.74) is 0.684. The molecule has 1 aromatic rings. The van der Waals surface area contributed by atoms with Gasteiger partial charge < -0.3 is 10.0 Å². The summed E-state index contributed by atoms with van der Waals surface area (Å²) in [6, 6.07) is 9.09. The molecule has 0 heterocycles. The van der Waals surface area contributed by atoms with Gasteiger partial charge >= 0.3 is 5.97 Å². The maximum Gasteiger partial charge on any atom is 0.308 e. The van der Waals surface area contributed by atoms with E-state index in [0.717, 1.165) is 0 Å². The Morgan fingerprint density at radius 2 is 2.24 bits per heavy atom. The lowest BCUT2D eigenvalue weighted by atomic mass is 10.1. The maximum atomic E-state index is 10.8. The van der Waals surface area contributed by atoms with E-state index >= 15 is 0 Å². The summed E-state index contributed by atoms with van der Waals surface area (Å²) in [5.74, 6) is -1.44. The number of halogens is 1. The van der Waals surface area contributed by atoms with Gasteiger partial charge in [-0.05, 0) is 12.1 Å². The third-order valence-corrected chi connectivity index (χ3v) is 2.69. The summed E-state index contributed by atoms with van der Waals surface area (Å²) >= 11 is 6.02. The number of carbonyl (C=O) groups is 1. The summed E-state index contributed by atoms with van der Waals surface area (Å²) in [4.78, 5) is 12.5. The molecular formula is C12H13ClN2O2. The van der Waals surface area contributed by atoms with Crippen molar-refractivity contribution < 1.29 is 9.90 Å². The van der Waals surface area contributed by atoms with Crippen LogP contribution in [-0.4, -0.2) is 24.2 Å². The van der Waals surface area contributed by atoms with Crippen molar-refractivity contribution in [3.63, 3.8) is 0 Å². The minimum absolute atomic E-state index is 0.112. The standard InChI is InChI=1S/C12H13ClN2O2/c1-9(12(16)17)8-15(7-6-14)11-5-3-2-4-10(11)13/h2-5,9H,7-8H2,1H3,(H,16,17). The van der Waals surface area contributed by atoms with E-state index in [0.29, 0.717) is 10.7 Å². The fourth-order valence-corrected chi connectivity index (χ4v) is 1.71. The van der Waals surface area contributed by atoms with Crippen molar-refractivity contribution in [3.05, 3.63) is 29.3 Å². The molecule has 0 saturated carbocycles. The molecule has 0 radical (unpaired) electrons. The average Bonchev–Trinajstić information content (AvgIpc) is 2.29. The van der Waals surface area contributed by atoms with Crippen LogP contribution in [0.1, 0.15) is 6.92 Å². The molecule has 1 aromatic carbocycles. The van der Waals surface area contributed by atoms with Gasteiger partial charge in [0.1, 0.15) is 6.54 Å². The SMILES string of the molecule is CC(CN(CC#N)c1ccccc1Cl)C(=O)O. The van der Waals surface area contributed by atoms with Gasteiger partial charge in [0.25, 0.3) is 0 Å². The Balaban J connectivity index is 2.91. The highest BCUT2D eigenvalue weighted by Crippen LogP contribution is 2.25. The van der Waals surface area contributed by atoms with Gasteiger partial charge in [-0.1, -0.05) is 30.7 Å². The molecule has 1 unspecified atom stereocenters. The number of para-hydroxylation sites is 1. The number of hydrogen-bond donors (Lipinski definition) is 1. The van der Waals surface area contributed by atoms with Crippen LogP contribution in [-0.2, 0) is 4.79 Å². The van der Waals surface area contributed by atoms with E-state index in [2.05, 4.69) is 0 Å². The van der Waals surface area contributed by atoms with Gasteiger partial charge in [-0.3, -0.25) is 4.79 Å². The Morgan fingerprint density at radius 1 is 1.59 bits per heavy atom. The molecular weight excluding hydrogens is 240 g/mol. The molecule has 0 aliphatic carbocycles. The first-order chi connectivity index (χ1) is 8.06. The Labute approximate surface area is 105 Å². The minimum Gasteiger partial charge on any atom is -0.481 e. The van der Waals surface area contributed by atoms with Crippen LogP contribution in [0.4, 0.5) is 5.69 Å². The zero-order valence-corrected chi connectivity index (χ0v) is 10.2. The number of nitrogens with zero attached hydrogens (tertiary/aromatic N) is 2. The topological polar surface area (TPSA) is 64.3 Å². The molecule has 1 atom stereocenters. The van der Waals surface area contributed by atoms with Crippen LogP contribution in [0.5, 0.6) is 0 Å². The van der Waals surface area contributed by atoms with Crippen LogP contribution < -0.4 is 4.90 Å². The second-order valence-corrected chi connectivity index (χ2v) is 4.14. The van der Waals surface area contributed by atoms with E-state index in [1.165, 1.54) is 0 Å². The molecule has 5 heteroatoms. The summed E-state index contributed by atoms with van der Waals surface area (Å²) in [7, 11) is 0. The Bertz CT molecular complexity index is 442. The van der Waals surface area contributed by atoms with E-state index in [-0.39, 0.29) is 13.1 Å². The quantitative estimate of drug-likeness (QED) is 0.818. The van der Waals surface area contributed by atoms with Crippen molar-refractivity contribution in [3.8, 4) is 6.07 Å². The summed E-state index contributed by atoms with van der Waals surface area (Å²) in [6.45, 7) is 1.97. The molecule has 17 heavy (non-hydrogen) atoms. The molecule has 1 N–H and O–H groups in total. The van der Waals surface area contributed by atoms with E-state index in [1.807, 2.05) is 6.07 Å². The van der Waals surface area contributed by atoms with Crippen LogP contribution in [0.2, 0.25) is 5.02 Å². The van der Waals surface area contributed by atoms with Gasteiger partial charge in [0.15, 0.2) is 0 Å². The van der Waals surface area contributed by atoms with Gasteiger partial charge in [0.2, 0.25) is 0 Å². The lowest BCUT2D eigenvalue weighted by Gasteiger charge is -2.24. The van der Waals surface area contributed by atoms with Gasteiger partial charge in [-0.2, -0.15) is 5.26 Å². The summed E-state index contributed by atoms with van der Waals surface area (Å²) in [6.07, 6.45) is 0. The zero-order valence-electron chi connectivity index (χ0n) is 9.43. The Kier molecular flexibility index (Phi) is 4.80. The van der Waals surface area contributed by atoms with Crippen LogP contribution in [0, 0.1) is 17.2 Å². The monoisotopic (exact) mass is 252 g/mol. The molecule has 0 bridgehead atoms. The van der Waals surface area contributed by atoms with Crippen molar-refractivity contribution in [2.75, 3.05) is 18.0 Å². The number of anilines is 1. The van der Waals surface area contributed by atoms with Crippen molar-refractivity contribution in [1.82, 2.24) is 0 Å². The number of carboxylic acid groups (broad SMARTS) is 1. The number of hydrogen-bond acceptors (Lipinski definition) is 3. The van der Waals surface area contributed by atoms with Gasteiger partial charge in [0, 0.05) is 6.54 Å². The molecule has 1 rings (SSSR count). The molecule has 0 fully saturated rings. The normalized spacial score (nSPS) is 11.6. The lowest BCUT2D eigenvalue weighted by Crippen LogP contribution is -2.32. The van der Waals surface area contributed by atoms with Crippen LogP contribution >= 0.6 is 11.6 Å². The van der Waals surface area contributed by atoms with Gasteiger partial charge in [0.05, 0.1) is 22.7 Å². The second kappa shape index (κ2) is 6.12. The Hall–Kier alpha value is -1.73. The predicted octanol–water partition coefficient (Wildman–Crippen LogP) is 2.39. The van der Waals surface area contributed by atoms with Crippen molar-refractivity contribution in [2.45, 2.75) is 6.92 Å². The highest BCUT2D eigenvalue weighted by molar-refractivity contribution is 6.33. The number of rotatable bonds is 5. The van der Waals surface area contributed by atoms with Gasteiger partial charge in [-0.15, -0.1) is 0 Å². The summed E-state index contributed by atoms with van der Waals surface area (Å²) in [5, 5.41) is 18.1. The Morgan fingerprint density at radius 3 is 2.76 bits per heavy atom. The molecule has 4 nitrogen and oxygen atoms in total. The molecule has 0 aliphatic rings. The van der Waals surface area contributed by atoms with E-state index in [9.17, 15) is 4.79 Å². The first-order valence-corrected chi connectivity index (χ1v) is 5.53. The first kappa shape index (κ1) is 13.3. The fourth-order valence-electron chi connectivity index (χ4n) is 1.45. The largest absolute Gasteiger partial charge is 0.481 e. The molecule has 0 amide bonds. The van der Waals surface area contributed by atoms with Crippen molar-refractivity contribution in [1.29, 1.82) is 5.26 Å². The van der Waals surface area contributed by atoms with Crippen LogP contribution in [0.25, 0.3) is 0 Å². The number of aliphatic carboxylic acids is 1. The van der Waals surface area contributed by atoms with Crippen molar-refractivity contribution in [2.24, 2.45) is 5.92 Å². The third kappa shape index (κ3) is 3.65. The zero-order chi connectivity index (χ0) is 12.8. The lowest BCUT2D eigenvalue weighted by molar-refractivity contribution is -0.140. The molecule has 0 spiro atoms. The second-order valence-electron chi connectivity index (χ2n) is 3.73. The van der Waals surface area contributed by atoms with E-state index < -0.39 is 11.9 Å².